The van der Waals surface area contributed by atoms with Gasteiger partial charge in [-0.25, -0.2) is 4.98 Å². The normalized spacial score (nSPS) is 14.7. The van der Waals surface area contributed by atoms with Gasteiger partial charge in [-0.3, -0.25) is 0 Å². The molecule has 3 nitrogen and oxygen atoms in total. The van der Waals surface area contributed by atoms with Gasteiger partial charge in [-0.1, -0.05) is 13.8 Å². The number of hydrogen-bond acceptors (Lipinski definition) is 4. The molecule has 0 bridgehead atoms. The van der Waals surface area contributed by atoms with E-state index < -0.39 is 0 Å². The van der Waals surface area contributed by atoms with Crippen LogP contribution in [0.2, 0.25) is 0 Å². The summed E-state index contributed by atoms with van der Waals surface area (Å²) < 4.78 is 0. The number of nitriles is 1. The van der Waals surface area contributed by atoms with Crippen LogP contribution in [0.3, 0.4) is 0 Å². The summed E-state index contributed by atoms with van der Waals surface area (Å²) in [6, 6.07) is 2.10. The molecule has 0 saturated carbocycles. The van der Waals surface area contributed by atoms with Crippen LogP contribution in [0.4, 0.5) is 0 Å². The molecule has 1 aromatic heterocycles. The average Bonchev–Trinajstić information content (AvgIpc) is 2.66. The third-order valence-electron chi connectivity index (χ3n) is 2.63. The highest BCUT2D eigenvalue weighted by Crippen LogP contribution is 2.27. The summed E-state index contributed by atoms with van der Waals surface area (Å²) in [5.41, 5.74) is 6.72. The van der Waals surface area contributed by atoms with Crippen molar-refractivity contribution in [2.24, 2.45) is 5.73 Å². The van der Waals surface area contributed by atoms with E-state index in [2.05, 4.69) is 24.9 Å². The van der Waals surface area contributed by atoms with Gasteiger partial charge in [0.25, 0.3) is 0 Å². The van der Waals surface area contributed by atoms with Crippen LogP contribution in [0.5, 0.6) is 0 Å². The molecule has 0 saturated heterocycles. The van der Waals surface area contributed by atoms with Gasteiger partial charge < -0.3 is 5.73 Å². The van der Waals surface area contributed by atoms with Gasteiger partial charge in [-0.15, -0.1) is 11.3 Å². The van der Waals surface area contributed by atoms with Crippen molar-refractivity contribution in [2.45, 2.75) is 32.1 Å². The van der Waals surface area contributed by atoms with Crippen molar-refractivity contribution >= 4 is 11.3 Å². The highest BCUT2D eigenvalue weighted by atomic mass is 32.1. The number of thiazole rings is 1. The first-order valence-corrected chi connectivity index (χ1v) is 5.56. The van der Waals surface area contributed by atoms with Crippen LogP contribution in [0.25, 0.3) is 0 Å². The molecule has 0 amide bonds. The van der Waals surface area contributed by atoms with E-state index >= 15 is 0 Å². The number of hydrogen-bond donors (Lipinski definition) is 1. The van der Waals surface area contributed by atoms with E-state index in [4.69, 9.17) is 11.0 Å². The Morgan fingerprint density at radius 1 is 1.71 bits per heavy atom. The summed E-state index contributed by atoms with van der Waals surface area (Å²) in [6.07, 6.45) is 1.37. The van der Waals surface area contributed by atoms with Crippen molar-refractivity contribution < 1.29 is 0 Å². The first-order chi connectivity index (χ1) is 6.66. The van der Waals surface area contributed by atoms with E-state index in [0.717, 1.165) is 17.1 Å². The summed E-state index contributed by atoms with van der Waals surface area (Å²) in [5.74, 6) is 0. The van der Waals surface area contributed by atoms with Gasteiger partial charge in [0.15, 0.2) is 0 Å². The molecule has 1 unspecified atom stereocenters. The highest BCUT2D eigenvalue weighted by molar-refractivity contribution is 7.09. The Morgan fingerprint density at radius 3 is 2.93 bits per heavy atom. The number of rotatable bonds is 4. The second-order valence-corrected chi connectivity index (χ2v) is 4.52. The van der Waals surface area contributed by atoms with Crippen LogP contribution in [-0.2, 0) is 11.8 Å². The van der Waals surface area contributed by atoms with E-state index in [1.165, 1.54) is 0 Å². The summed E-state index contributed by atoms with van der Waals surface area (Å²) in [7, 11) is 0. The molecule has 1 rings (SSSR count). The predicted molar refractivity (Wildman–Crippen MR) is 58.1 cm³/mol. The van der Waals surface area contributed by atoms with E-state index in [-0.39, 0.29) is 5.41 Å². The minimum atomic E-state index is -0.0375. The molecule has 0 spiro atoms. The van der Waals surface area contributed by atoms with E-state index in [9.17, 15) is 0 Å². The molecule has 0 aliphatic carbocycles. The van der Waals surface area contributed by atoms with Crippen molar-refractivity contribution in [3.05, 3.63) is 16.1 Å². The summed E-state index contributed by atoms with van der Waals surface area (Å²) in [6.45, 7) is 4.81. The first-order valence-electron chi connectivity index (χ1n) is 4.68. The molecule has 4 heteroatoms. The maximum Gasteiger partial charge on any atom is 0.107 e. The Kier molecular flexibility index (Phi) is 3.62. The van der Waals surface area contributed by atoms with Crippen LogP contribution in [-0.4, -0.2) is 11.5 Å². The molecule has 0 aromatic carbocycles. The van der Waals surface area contributed by atoms with Gasteiger partial charge in [-0.2, -0.15) is 5.26 Å². The third-order valence-corrected chi connectivity index (χ3v) is 3.48. The topological polar surface area (TPSA) is 62.7 Å². The smallest absolute Gasteiger partial charge is 0.107 e. The molecule has 1 aromatic rings. The van der Waals surface area contributed by atoms with Gasteiger partial charge in [0.2, 0.25) is 0 Å². The first kappa shape index (κ1) is 11.2. The number of nitrogens with zero attached hydrogens (tertiary/aromatic N) is 2. The van der Waals surface area contributed by atoms with Crippen LogP contribution in [0.1, 0.15) is 31.0 Å². The number of nitrogens with two attached hydrogens (primary N) is 1. The molecule has 76 valence electrons. The fourth-order valence-electron chi connectivity index (χ4n) is 1.17. The van der Waals surface area contributed by atoms with Crippen LogP contribution < -0.4 is 5.73 Å². The lowest BCUT2D eigenvalue weighted by atomic mass is 9.85. The van der Waals surface area contributed by atoms with Crippen LogP contribution in [0, 0.1) is 11.3 Å². The van der Waals surface area contributed by atoms with Crippen molar-refractivity contribution in [3.63, 3.8) is 0 Å². The summed E-state index contributed by atoms with van der Waals surface area (Å²) in [5, 5.41) is 11.4. The van der Waals surface area contributed by atoms with E-state index in [0.29, 0.717) is 13.0 Å². The second-order valence-electron chi connectivity index (χ2n) is 3.58. The Hall–Kier alpha value is -0.920. The fraction of sp³-hybridized carbons (Fsp3) is 0.600. The number of aromatic nitrogens is 1. The van der Waals surface area contributed by atoms with E-state index in [1.54, 1.807) is 11.3 Å². The molecule has 0 fully saturated rings. The Labute approximate surface area is 88.6 Å². The molecule has 1 heterocycles. The zero-order valence-corrected chi connectivity index (χ0v) is 9.40. The van der Waals surface area contributed by atoms with Gasteiger partial charge in [0.05, 0.1) is 18.2 Å². The zero-order valence-electron chi connectivity index (χ0n) is 8.58. The molecule has 0 radical (unpaired) electrons. The van der Waals surface area contributed by atoms with Crippen molar-refractivity contribution in [2.75, 3.05) is 6.54 Å². The Bertz CT molecular complexity index is 333. The molecule has 14 heavy (non-hydrogen) atoms. The molecular weight excluding hydrogens is 194 g/mol. The minimum Gasteiger partial charge on any atom is -0.330 e. The predicted octanol–water partition coefficient (Wildman–Crippen LogP) is 1.84. The maximum atomic E-state index is 8.54. The van der Waals surface area contributed by atoms with Gasteiger partial charge in [-0.05, 0) is 6.42 Å². The maximum absolute atomic E-state index is 8.54. The van der Waals surface area contributed by atoms with E-state index in [1.807, 2.05) is 5.38 Å². The lowest BCUT2D eigenvalue weighted by Gasteiger charge is -2.23. The lowest BCUT2D eigenvalue weighted by Crippen LogP contribution is -2.31. The molecule has 1 atom stereocenters. The molecular formula is C10H15N3S. The summed E-state index contributed by atoms with van der Waals surface area (Å²) >= 11 is 1.54. The SMILES string of the molecule is CCC(C)(CN)c1csc(CC#N)n1. The van der Waals surface area contributed by atoms with Crippen molar-refractivity contribution in [3.8, 4) is 6.07 Å². The van der Waals surface area contributed by atoms with Gasteiger partial charge in [0, 0.05) is 17.3 Å². The average molecular weight is 209 g/mol. The minimum absolute atomic E-state index is 0.0375. The quantitative estimate of drug-likeness (QED) is 0.823. The fourth-order valence-corrected chi connectivity index (χ4v) is 2.05. The Morgan fingerprint density at radius 2 is 2.43 bits per heavy atom. The van der Waals surface area contributed by atoms with Gasteiger partial charge >= 0.3 is 0 Å². The van der Waals surface area contributed by atoms with Gasteiger partial charge in [0.1, 0.15) is 5.01 Å². The van der Waals surface area contributed by atoms with Crippen LogP contribution in [0.15, 0.2) is 5.38 Å². The molecule has 0 aliphatic rings. The molecule has 2 N–H and O–H groups in total. The van der Waals surface area contributed by atoms with Crippen molar-refractivity contribution in [1.82, 2.24) is 4.98 Å². The second kappa shape index (κ2) is 4.54. The molecule has 0 aliphatic heterocycles. The van der Waals surface area contributed by atoms with Crippen LogP contribution >= 0.6 is 11.3 Å². The largest absolute Gasteiger partial charge is 0.330 e. The monoisotopic (exact) mass is 209 g/mol. The Balaban J connectivity index is 2.90. The zero-order chi connectivity index (χ0) is 10.6. The van der Waals surface area contributed by atoms with Crippen molar-refractivity contribution in [1.29, 1.82) is 5.26 Å². The third kappa shape index (κ3) is 2.11. The highest BCUT2D eigenvalue weighted by Gasteiger charge is 2.25. The lowest BCUT2D eigenvalue weighted by molar-refractivity contribution is 0.455. The summed E-state index contributed by atoms with van der Waals surface area (Å²) in [4.78, 5) is 4.43. The standard InChI is InChI=1S/C10H15N3S/c1-3-10(2,7-12)8-6-14-9(13-8)4-5-11/h6H,3-4,7,12H2,1-2H3.